The Bertz CT molecular complexity index is 921. The van der Waals surface area contributed by atoms with Gasteiger partial charge in [-0.15, -0.1) is 0 Å². The summed E-state index contributed by atoms with van der Waals surface area (Å²) in [5, 5.41) is 5.42. The van der Waals surface area contributed by atoms with Crippen LogP contribution in [0.2, 0.25) is 0 Å². The molecule has 1 heterocycles. The van der Waals surface area contributed by atoms with Crippen LogP contribution in [0.5, 0.6) is 0 Å². The molecular formula is C22H23N3O5. The quantitative estimate of drug-likeness (QED) is 0.396. The Kier molecular flexibility index (Phi) is 6.79. The normalized spacial score (nSPS) is 12.5. The van der Waals surface area contributed by atoms with E-state index in [1.165, 1.54) is 4.90 Å². The number of nitrogens with zero attached hydrogens (tertiary/aromatic N) is 1. The predicted molar refractivity (Wildman–Crippen MR) is 109 cm³/mol. The third-order valence-corrected chi connectivity index (χ3v) is 4.64. The van der Waals surface area contributed by atoms with Gasteiger partial charge in [0.2, 0.25) is 0 Å². The molecule has 0 saturated carbocycles. The van der Waals surface area contributed by atoms with Gasteiger partial charge in [0.1, 0.15) is 0 Å². The molecule has 0 unspecified atom stereocenters. The van der Waals surface area contributed by atoms with Gasteiger partial charge in [0.05, 0.1) is 23.3 Å². The van der Waals surface area contributed by atoms with Gasteiger partial charge in [-0.3, -0.25) is 14.5 Å². The maximum Gasteiger partial charge on any atom is 0.338 e. The number of rotatable bonds is 8. The van der Waals surface area contributed by atoms with Gasteiger partial charge in [-0.05, 0) is 43.2 Å². The molecule has 1 aliphatic rings. The summed E-state index contributed by atoms with van der Waals surface area (Å²) in [6.07, 6.45) is 0.452. The van der Waals surface area contributed by atoms with Crippen LogP contribution in [0.3, 0.4) is 0 Å². The Hall–Kier alpha value is -3.68. The zero-order valence-corrected chi connectivity index (χ0v) is 16.6. The van der Waals surface area contributed by atoms with E-state index in [2.05, 4.69) is 10.6 Å². The largest absolute Gasteiger partial charge is 0.462 e. The number of ether oxygens (including phenoxy) is 1. The van der Waals surface area contributed by atoms with E-state index in [4.69, 9.17) is 4.74 Å². The monoisotopic (exact) mass is 409 g/mol. The molecule has 0 saturated heterocycles. The van der Waals surface area contributed by atoms with Crippen LogP contribution in [0.4, 0.5) is 4.79 Å². The van der Waals surface area contributed by atoms with E-state index in [9.17, 15) is 19.2 Å². The lowest BCUT2D eigenvalue weighted by Gasteiger charge is -2.14. The number of imide groups is 1. The highest BCUT2D eigenvalue weighted by molar-refractivity contribution is 6.21. The lowest BCUT2D eigenvalue weighted by Crippen LogP contribution is -2.37. The minimum atomic E-state index is -0.382. The van der Waals surface area contributed by atoms with Gasteiger partial charge in [0.15, 0.2) is 0 Å². The molecule has 156 valence electrons. The Morgan fingerprint density at radius 2 is 1.57 bits per heavy atom. The number of nitrogens with one attached hydrogen (secondary N) is 2. The van der Waals surface area contributed by atoms with Crippen molar-refractivity contribution in [1.29, 1.82) is 0 Å². The minimum absolute atomic E-state index is 0.238. The van der Waals surface area contributed by atoms with Crippen molar-refractivity contribution in [2.24, 2.45) is 0 Å². The first-order valence-corrected chi connectivity index (χ1v) is 9.74. The number of amides is 4. The summed E-state index contributed by atoms with van der Waals surface area (Å²) in [5.74, 6) is -0.981. The highest BCUT2D eigenvalue weighted by Gasteiger charge is 2.34. The number of carbonyl (C=O) groups excluding carboxylic acids is 4. The summed E-state index contributed by atoms with van der Waals surface area (Å²) in [6.45, 7) is 2.92. The second-order valence-corrected chi connectivity index (χ2v) is 6.69. The molecule has 0 atom stereocenters. The van der Waals surface area contributed by atoms with Crippen molar-refractivity contribution in [3.63, 3.8) is 0 Å². The van der Waals surface area contributed by atoms with Crippen molar-refractivity contribution in [3.8, 4) is 0 Å². The zero-order chi connectivity index (χ0) is 21.5. The molecule has 1 aliphatic heterocycles. The van der Waals surface area contributed by atoms with Crippen LogP contribution in [-0.2, 0) is 11.3 Å². The zero-order valence-electron chi connectivity index (χ0n) is 16.6. The van der Waals surface area contributed by atoms with Gasteiger partial charge in [-0.2, -0.15) is 0 Å². The molecule has 8 nitrogen and oxygen atoms in total. The summed E-state index contributed by atoms with van der Waals surface area (Å²) >= 11 is 0. The van der Waals surface area contributed by atoms with Crippen LogP contribution in [0, 0.1) is 0 Å². The van der Waals surface area contributed by atoms with Gasteiger partial charge >= 0.3 is 12.0 Å². The SMILES string of the molecule is CCOC(=O)c1ccc(CNC(=O)NCCCN2C(=O)c3ccccc3C2=O)cc1. The van der Waals surface area contributed by atoms with Crippen molar-refractivity contribution >= 4 is 23.8 Å². The highest BCUT2D eigenvalue weighted by atomic mass is 16.5. The van der Waals surface area contributed by atoms with E-state index < -0.39 is 0 Å². The van der Waals surface area contributed by atoms with Crippen molar-refractivity contribution in [2.75, 3.05) is 19.7 Å². The van der Waals surface area contributed by atoms with Crippen LogP contribution >= 0.6 is 0 Å². The van der Waals surface area contributed by atoms with Gasteiger partial charge in [-0.1, -0.05) is 24.3 Å². The van der Waals surface area contributed by atoms with E-state index in [1.54, 1.807) is 55.5 Å². The van der Waals surface area contributed by atoms with Crippen LogP contribution in [0.25, 0.3) is 0 Å². The van der Waals surface area contributed by atoms with Crippen LogP contribution < -0.4 is 10.6 Å². The molecule has 4 amide bonds. The summed E-state index contributed by atoms with van der Waals surface area (Å²) in [4.78, 5) is 49.3. The highest BCUT2D eigenvalue weighted by Crippen LogP contribution is 2.22. The van der Waals surface area contributed by atoms with E-state index in [0.29, 0.717) is 42.8 Å². The molecule has 0 radical (unpaired) electrons. The molecule has 0 bridgehead atoms. The molecule has 0 aromatic heterocycles. The number of carbonyl (C=O) groups is 4. The lowest BCUT2D eigenvalue weighted by molar-refractivity contribution is 0.0525. The fourth-order valence-electron chi connectivity index (χ4n) is 3.10. The Morgan fingerprint density at radius 3 is 2.17 bits per heavy atom. The molecule has 30 heavy (non-hydrogen) atoms. The van der Waals surface area contributed by atoms with Gasteiger partial charge < -0.3 is 15.4 Å². The second kappa shape index (κ2) is 9.69. The molecule has 0 aliphatic carbocycles. The Balaban J connectivity index is 1.37. The molecule has 2 aromatic carbocycles. The van der Waals surface area contributed by atoms with E-state index in [0.717, 1.165) is 5.56 Å². The maximum atomic E-state index is 12.3. The van der Waals surface area contributed by atoms with Gasteiger partial charge in [0.25, 0.3) is 11.8 Å². The fourth-order valence-corrected chi connectivity index (χ4v) is 3.10. The van der Waals surface area contributed by atoms with Crippen LogP contribution in [0.15, 0.2) is 48.5 Å². The number of hydrogen-bond donors (Lipinski definition) is 2. The summed E-state index contributed by atoms with van der Waals surface area (Å²) in [7, 11) is 0. The third-order valence-electron chi connectivity index (χ3n) is 4.64. The Morgan fingerprint density at radius 1 is 0.933 bits per heavy atom. The smallest absolute Gasteiger partial charge is 0.338 e. The van der Waals surface area contributed by atoms with E-state index >= 15 is 0 Å². The molecule has 2 aromatic rings. The van der Waals surface area contributed by atoms with Gasteiger partial charge in [-0.25, -0.2) is 9.59 Å². The third kappa shape index (κ3) is 4.83. The lowest BCUT2D eigenvalue weighted by atomic mass is 10.1. The number of esters is 1. The van der Waals surface area contributed by atoms with Crippen molar-refractivity contribution < 1.29 is 23.9 Å². The summed E-state index contributed by atoms with van der Waals surface area (Å²) in [5.41, 5.74) is 2.13. The number of fused-ring (bicyclic) bond motifs is 1. The molecule has 0 spiro atoms. The van der Waals surface area contributed by atoms with Crippen molar-refractivity contribution in [1.82, 2.24) is 15.5 Å². The fraction of sp³-hybridized carbons (Fsp3) is 0.273. The van der Waals surface area contributed by atoms with E-state index in [1.807, 2.05) is 0 Å². The first-order valence-electron chi connectivity index (χ1n) is 9.74. The topological polar surface area (TPSA) is 105 Å². The maximum absolute atomic E-state index is 12.3. The average Bonchev–Trinajstić information content (AvgIpc) is 3.00. The minimum Gasteiger partial charge on any atom is -0.462 e. The first-order chi connectivity index (χ1) is 14.5. The standard InChI is InChI=1S/C22H23N3O5/c1-2-30-21(28)16-10-8-15(9-11-16)14-24-22(29)23-12-5-13-25-19(26)17-6-3-4-7-18(17)20(25)27/h3-4,6-11H,2,5,12-14H2,1H3,(H2,23,24,29). The molecule has 0 fully saturated rings. The van der Waals surface area contributed by atoms with Crippen LogP contribution in [0.1, 0.15) is 50.0 Å². The van der Waals surface area contributed by atoms with Crippen LogP contribution in [-0.4, -0.2) is 48.4 Å². The molecule has 2 N–H and O–H groups in total. The average molecular weight is 409 g/mol. The van der Waals surface area contributed by atoms with E-state index in [-0.39, 0.29) is 30.4 Å². The van der Waals surface area contributed by atoms with Crippen molar-refractivity contribution in [3.05, 3.63) is 70.8 Å². The molecule has 8 heteroatoms. The number of urea groups is 1. The number of hydrogen-bond acceptors (Lipinski definition) is 5. The Labute approximate surface area is 174 Å². The summed E-state index contributed by atoms with van der Waals surface area (Å²) in [6, 6.07) is 13.2. The predicted octanol–water partition coefficient (Wildman–Crippen LogP) is 2.35. The second-order valence-electron chi connectivity index (χ2n) is 6.69. The molecular weight excluding hydrogens is 386 g/mol. The number of benzene rings is 2. The summed E-state index contributed by atoms with van der Waals surface area (Å²) < 4.78 is 4.93. The van der Waals surface area contributed by atoms with Crippen molar-refractivity contribution in [2.45, 2.75) is 19.9 Å². The molecule has 3 rings (SSSR count). The first kappa shape index (κ1) is 21.0. The van der Waals surface area contributed by atoms with Gasteiger partial charge in [0, 0.05) is 19.6 Å².